The molecular formula is C12H15Cl2NO2. The molecule has 1 aromatic rings. The second-order valence-corrected chi connectivity index (χ2v) is 5.42. The minimum atomic E-state index is -0.626. The van der Waals surface area contributed by atoms with Crippen LogP contribution < -0.4 is 5.32 Å². The number of aliphatic hydroxyl groups excluding tert-OH is 1. The topological polar surface area (TPSA) is 49.3 Å². The van der Waals surface area contributed by atoms with Gasteiger partial charge in [-0.15, -0.1) is 0 Å². The summed E-state index contributed by atoms with van der Waals surface area (Å²) in [5.74, 6) is -0.178. The van der Waals surface area contributed by atoms with Crippen molar-refractivity contribution in [2.45, 2.75) is 25.8 Å². The standard InChI is InChI=1S/C12H15Cl2NO2/c1-12(2,7-16)15-11(17)5-8-3-9(13)6-10(14)4-8/h3-4,6,16H,5,7H2,1-2H3,(H,15,17). The Kier molecular flexibility index (Phi) is 4.80. The molecule has 0 aliphatic carbocycles. The van der Waals surface area contributed by atoms with Crippen molar-refractivity contribution in [2.75, 3.05) is 6.61 Å². The third kappa shape index (κ3) is 4.94. The molecule has 0 unspecified atom stereocenters. The van der Waals surface area contributed by atoms with Gasteiger partial charge in [-0.2, -0.15) is 0 Å². The van der Waals surface area contributed by atoms with Gasteiger partial charge in [-0.3, -0.25) is 4.79 Å². The summed E-state index contributed by atoms with van der Waals surface area (Å²) in [5, 5.41) is 12.8. The van der Waals surface area contributed by atoms with Crippen molar-refractivity contribution in [3.8, 4) is 0 Å². The lowest BCUT2D eigenvalue weighted by Gasteiger charge is -2.23. The van der Waals surface area contributed by atoms with E-state index in [1.54, 1.807) is 32.0 Å². The van der Waals surface area contributed by atoms with E-state index >= 15 is 0 Å². The lowest BCUT2D eigenvalue weighted by molar-refractivity contribution is -0.122. The van der Waals surface area contributed by atoms with E-state index in [2.05, 4.69) is 5.32 Å². The first-order valence-electron chi connectivity index (χ1n) is 5.19. The van der Waals surface area contributed by atoms with E-state index in [0.29, 0.717) is 10.0 Å². The highest BCUT2D eigenvalue weighted by Crippen LogP contribution is 2.19. The predicted octanol–water partition coefficient (Wildman–Crippen LogP) is 2.42. The van der Waals surface area contributed by atoms with Gasteiger partial charge in [0.05, 0.1) is 18.6 Å². The van der Waals surface area contributed by atoms with Gasteiger partial charge in [-0.25, -0.2) is 0 Å². The summed E-state index contributed by atoms with van der Waals surface area (Å²) in [6.45, 7) is 3.38. The molecule has 1 aromatic carbocycles. The van der Waals surface area contributed by atoms with Crippen LogP contribution >= 0.6 is 23.2 Å². The van der Waals surface area contributed by atoms with Gasteiger partial charge < -0.3 is 10.4 Å². The second kappa shape index (κ2) is 5.71. The van der Waals surface area contributed by atoms with E-state index in [0.717, 1.165) is 5.56 Å². The first-order valence-corrected chi connectivity index (χ1v) is 5.95. The van der Waals surface area contributed by atoms with Crippen molar-refractivity contribution in [3.05, 3.63) is 33.8 Å². The van der Waals surface area contributed by atoms with E-state index in [9.17, 15) is 4.79 Å². The molecule has 0 bridgehead atoms. The summed E-state index contributed by atoms with van der Waals surface area (Å²) in [6, 6.07) is 5.00. The van der Waals surface area contributed by atoms with Crippen LogP contribution in [0.15, 0.2) is 18.2 Å². The Hall–Kier alpha value is -0.770. The van der Waals surface area contributed by atoms with Crippen molar-refractivity contribution in [1.82, 2.24) is 5.32 Å². The molecule has 1 rings (SSSR count). The van der Waals surface area contributed by atoms with Crippen LogP contribution in [-0.2, 0) is 11.2 Å². The van der Waals surface area contributed by atoms with E-state index in [4.69, 9.17) is 28.3 Å². The molecule has 0 spiro atoms. The fourth-order valence-electron chi connectivity index (χ4n) is 1.36. The quantitative estimate of drug-likeness (QED) is 0.887. The van der Waals surface area contributed by atoms with Crippen LogP contribution in [0.1, 0.15) is 19.4 Å². The number of aliphatic hydroxyl groups is 1. The molecule has 0 aliphatic heterocycles. The van der Waals surface area contributed by atoms with E-state index in [1.165, 1.54) is 0 Å². The van der Waals surface area contributed by atoms with Gasteiger partial charge in [0, 0.05) is 10.0 Å². The van der Waals surface area contributed by atoms with Crippen LogP contribution in [0.4, 0.5) is 0 Å². The summed E-state index contributed by atoms with van der Waals surface area (Å²) in [5.41, 5.74) is 0.119. The molecule has 0 heterocycles. The summed E-state index contributed by atoms with van der Waals surface area (Å²) >= 11 is 11.7. The first kappa shape index (κ1) is 14.3. The monoisotopic (exact) mass is 275 g/mol. The van der Waals surface area contributed by atoms with Crippen LogP contribution in [0, 0.1) is 0 Å². The average Bonchev–Trinajstić information content (AvgIpc) is 2.14. The Morgan fingerprint density at radius 3 is 2.29 bits per heavy atom. The van der Waals surface area contributed by atoms with Crippen LogP contribution in [0.3, 0.4) is 0 Å². The average molecular weight is 276 g/mol. The highest BCUT2D eigenvalue weighted by Gasteiger charge is 2.19. The van der Waals surface area contributed by atoms with Gasteiger partial charge in [0.15, 0.2) is 0 Å². The van der Waals surface area contributed by atoms with Crippen molar-refractivity contribution < 1.29 is 9.90 Å². The van der Waals surface area contributed by atoms with Crippen LogP contribution in [0.5, 0.6) is 0 Å². The maximum Gasteiger partial charge on any atom is 0.224 e. The molecule has 0 aromatic heterocycles. The Bertz CT molecular complexity index is 399. The fourth-order valence-corrected chi connectivity index (χ4v) is 1.93. The number of carbonyl (C=O) groups is 1. The number of amides is 1. The van der Waals surface area contributed by atoms with Crippen molar-refractivity contribution in [1.29, 1.82) is 0 Å². The highest BCUT2D eigenvalue weighted by molar-refractivity contribution is 6.34. The van der Waals surface area contributed by atoms with Gasteiger partial charge >= 0.3 is 0 Å². The molecular weight excluding hydrogens is 261 g/mol. The number of halogens is 2. The number of carbonyl (C=O) groups excluding carboxylic acids is 1. The molecule has 0 aliphatic rings. The van der Waals surface area contributed by atoms with Crippen molar-refractivity contribution >= 4 is 29.1 Å². The summed E-state index contributed by atoms with van der Waals surface area (Å²) in [4.78, 5) is 11.7. The zero-order valence-corrected chi connectivity index (χ0v) is 11.3. The van der Waals surface area contributed by atoms with Crippen LogP contribution in [0.2, 0.25) is 10.0 Å². The number of hydrogen-bond acceptors (Lipinski definition) is 2. The number of nitrogens with one attached hydrogen (secondary N) is 1. The Morgan fingerprint density at radius 1 is 1.29 bits per heavy atom. The van der Waals surface area contributed by atoms with Gasteiger partial charge in [0.1, 0.15) is 0 Å². The Balaban J connectivity index is 2.68. The molecule has 17 heavy (non-hydrogen) atoms. The first-order chi connectivity index (χ1) is 7.82. The molecule has 94 valence electrons. The molecule has 2 N–H and O–H groups in total. The molecule has 0 atom stereocenters. The SMILES string of the molecule is CC(C)(CO)NC(=O)Cc1cc(Cl)cc(Cl)c1. The number of hydrogen-bond donors (Lipinski definition) is 2. The number of rotatable bonds is 4. The van der Waals surface area contributed by atoms with Gasteiger partial charge in [-0.05, 0) is 37.6 Å². The Morgan fingerprint density at radius 2 is 1.82 bits per heavy atom. The minimum absolute atomic E-state index is 0.116. The molecule has 5 heteroatoms. The maximum atomic E-state index is 11.7. The highest BCUT2D eigenvalue weighted by atomic mass is 35.5. The predicted molar refractivity (Wildman–Crippen MR) is 69.5 cm³/mol. The zero-order valence-electron chi connectivity index (χ0n) is 9.76. The van der Waals surface area contributed by atoms with E-state index in [1.807, 2.05) is 0 Å². The maximum absolute atomic E-state index is 11.7. The lowest BCUT2D eigenvalue weighted by Crippen LogP contribution is -2.46. The normalized spacial score (nSPS) is 11.4. The van der Waals surface area contributed by atoms with Crippen molar-refractivity contribution in [3.63, 3.8) is 0 Å². The molecule has 0 fully saturated rings. The largest absolute Gasteiger partial charge is 0.394 e. The third-order valence-corrected chi connectivity index (χ3v) is 2.60. The van der Waals surface area contributed by atoms with Crippen LogP contribution in [0.25, 0.3) is 0 Å². The smallest absolute Gasteiger partial charge is 0.224 e. The lowest BCUT2D eigenvalue weighted by atomic mass is 10.1. The van der Waals surface area contributed by atoms with Gasteiger partial charge in [0.25, 0.3) is 0 Å². The molecule has 0 saturated heterocycles. The third-order valence-electron chi connectivity index (χ3n) is 2.16. The summed E-state index contributed by atoms with van der Waals surface area (Å²) in [6.07, 6.45) is 0.184. The summed E-state index contributed by atoms with van der Waals surface area (Å²) < 4.78 is 0. The van der Waals surface area contributed by atoms with E-state index < -0.39 is 5.54 Å². The molecule has 1 amide bonds. The second-order valence-electron chi connectivity index (χ2n) is 4.54. The zero-order chi connectivity index (χ0) is 13.1. The van der Waals surface area contributed by atoms with Gasteiger partial charge in [-0.1, -0.05) is 23.2 Å². The number of benzene rings is 1. The van der Waals surface area contributed by atoms with Gasteiger partial charge in [0.2, 0.25) is 5.91 Å². The van der Waals surface area contributed by atoms with E-state index in [-0.39, 0.29) is 18.9 Å². The Labute approximate surface area is 111 Å². The van der Waals surface area contributed by atoms with Crippen molar-refractivity contribution in [2.24, 2.45) is 0 Å². The minimum Gasteiger partial charge on any atom is -0.394 e. The molecule has 0 saturated carbocycles. The molecule has 3 nitrogen and oxygen atoms in total. The van der Waals surface area contributed by atoms with Crippen LogP contribution in [-0.4, -0.2) is 23.2 Å². The fraction of sp³-hybridized carbons (Fsp3) is 0.417. The summed E-state index contributed by atoms with van der Waals surface area (Å²) in [7, 11) is 0. The molecule has 0 radical (unpaired) electrons.